The minimum absolute atomic E-state index is 0.569. The van der Waals surface area contributed by atoms with Gasteiger partial charge in [0.15, 0.2) is 0 Å². The minimum Gasteiger partial charge on any atom is -0.397 e. The van der Waals surface area contributed by atoms with Gasteiger partial charge in [0.25, 0.3) is 0 Å². The van der Waals surface area contributed by atoms with Crippen molar-refractivity contribution in [2.75, 3.05) is 62.8 Å². The molecule has 0 aliphatic carbocycles. The summed E-state index contributed by atoms with van der Waals surface area (Å²) in [4.78, 5) is 13.0. The smallest absolute Gasteiger partial charge is 0.138 e. The van der Waals surface area contributed by atoms with Gasteiger partial charge in [0.05, 0.1) is 29.0 Å². The van der Waals surface area contributed by atoms with Crippen LogP contribution in [0.15, 0.2) is 36.4 Å². The fraction of sp³-hybridized carbons (Fsp3) is 0.350. The number of hydrogen-bond donors (Lipinski definition) is 3. The second kappa shape index (κ2) is 7.46. The van der Waals surface area contributed by atoms with E-state index < -0.39 is 0 Å². The van der Waals surface area contributed by atoms with Gasteiger partial charge in [0.1, 0.15) is 5.82 Å². The van der Waals surface area contributed by atoms with Gasteiger partial charge in [-0.05, 0) is 36.4 Å². The van der Waals surface area contributed by atoms with E-state index in [0.717, 1.165) is 61.8 Å². The maximum Gasteiger partial charge on any atom is 0.138 e. The van der Waals surface area contributed by atoms with Crippen molar-refractivity contribution in [3.63, 3.8) is 0 Å². The first-order chi connectivity index (χ1) is 13.1. The summed E-state index contributed by atoms with van der Waals surface area (Å²) in [7, 11) is 1.75. The summed E-state index contributed by atoms with van der Waals surface area (Å²) < 4.78 is 5.18. The quantitative estimate of drug-likeness (QED) is 0.599. The Morgan fingerprint density at radius 1 is 1.04 bits per heavy atom. The van der Waals surface area contributed by atoms with Gasteiger partial charge < -0.3 is 26.1 Å². The maximum absolute atomic E-state index is 5.93. The number of nitrogens with zero attached hydrogens (tertiary/aromatic N) is 3. The molecule has 1 aromatic heterocycles. The molecule has 27 heavy (non-hydrogen) atoms. The van der Waals surface area contributed by atoms with Crippen molar-refractivity contribution in [3.05, 3.63) is 36.4 Å². The van der Waals surface area contributed by atoms with Crippen LogP contribution in [0.3, 0.4) is 0 Å². The van der Waals surface area contributed by atoms with E-state index in [0.29, 0.717) is 11.4 Å². The SMILES string of the molecule is COCCN1CCN(c2ccc3nc(-c4ccc(N)c(N)c4)[nH]c3c2)CC1. The third kappa shape index (κ3) is 3.70. The molecule has 5 N–H and O–H groups in total. The van der Waals surface area contributed by atoms with Crippen LogP contribution in [-0.2, 0) is 4.74 Å². The Hall–Kier alpha value is -2.77. The van der Waals surface area contributed by atoms with Crippen LogP contribution in [0.1, 0.15) is 0 Å². The van der Waals surface area contributed by atoms with Gasteiger partial charge in [-0.25, -0.2) is 4.98 Å². The standard InChI is InChI=1S/C20H26N6O/c1-27-11-10-25-6-8-26(9-7-25)15-3-5-18-19(13-15)24-20(23-18)14-2-4-16(21)17(22)12-14/h2-5,12-13H,6-11,21-22H2,1H3,(H,23,24). The predicted molar refractivity (Wildman–Crippen MR) is 111 cm³/mol. The van der Waals surface area contributed by atoms with Crippen molar-refractivity contribution in [2.45, 2.75) is 0 Å². The summed E-state index contributed by atoms with van der Waals surface area (Å²) in [6.45, 7) is 5.94. The van der Waals surface area contributed by atoms with Crippen molar-refractivity contribution in [1.82, 2.24) is 14.9 Å². The van der Waals surface area contributed by atoms with Gasteiger partial charge in [-0.3, -0.25) is 4.90 Å². The molecule has 7 heteroatoms. The fourth-order valence-corrected chi connectivity index (χ4v) is 3.50. The van der Waals surface area contributed by atoms with Crippen molar-refractivity contribution in [3.8, 4) is 11.4 Å². The van der Waals surface area contributed by atoms with Crippen LogP contribution in [0.25, 0.3) is 22.4 Å². The monoisotopic (exact) mass is 366 g/mol. The van der Waals surface area contributed by atoms with Crippen LogP contribution in [0.2, 0.25) is 0 Å². The summed E-state index contributed by atoms with van der Waals surface area (Å²) in [6.07, 6.45) is 0. The molecule has 1 fully saturated rings. The van der Waals surface area contributed by atoms with Crippen LogP contribution < -0.4 is 16.4 Å². The number of methoxy groups -OCH3 is 1. The molecular formula is C20H26N6O. The summed E-state index contributed by atoms with van der Waals surface area (Å²) >= 11 is 0. The van der Waals surface area contributed by atoms with E-state index in [1.54, 1.807) is 7.11 Å². The van der Waals surface area contributed by atoms with Crippen molar-refractivity contribution in [2.24, 2.45) is 0 Å². The molecule has 1 aliphatic heterocycles. The van der Waals surface area contributed by atoms with Crippen molar-refractivity contribution >= 4 is 28.1 Å². The van der Waals surface area contributed by atoms with Gasteiger partial charge in [0, 0.05) is 51.1 Å². The number of nitrogens with two attached hydrogens (primary N) is 2. The van der Waals surface area contributed by atoms with Crippen LogP contribution in [-0.4, -0.2) is 61.3 Å². The molecule has 7 nitrogen and oxygen atoms in total. The predicted octanol–water partition coefficient (Wildman–Crippen LogP) is 2.16. The van der Waals surface area contributed by atoms with Gasteiger partial charge in [-0.15, -0.1) is 0 Å². The number of benzene rings is 2. The maximum atomic E-state index is 5.93. The summed E-state index contributed by atoms with van der Waals surface area (Å²) in [5.74, 6) is 0.804. The van der Waals surface area contributed by atoms with E-state index in [1.807, 2.05) is 18.2 Å². The molecule has 0 saturated carbocycles. The average molecular weight is 366 g/mol. The first-order valence-corrected chi connectivity index (χ1v) is 9.25. The number of aromatic nitrogens is 2. The van der Waals surface area contributed by atoms with E-state index in [9.17, 15) is 0 Å². The molecule has 0 amide bonds. The Balaban J connectivity index is 1.52. The molecule has 1 aliphatic rings. The van der Waals surface area contributed by atoms with Gasteiger partial charge >= 0.3 is 0 Å². The lowest BCUT2D eigenvalue weighted by Gasteiger charge is -2.36. The van der Waals surface area contributed by atoms with Crippen LogP contribution in [0.5, 0.6) is 0 Å². The van der Waals surface area contributed by atoms with Gasteiger partial charge in [-0.1, -0.05) is 0 Å². The number of H-pyrrole nitrogens is 1. The Kier molecular flexibility index (Phi) is 4.87. The molecule has 2 aromatic carbocycles. The number of piperazine rings is 1. The number of aromatic amines is 1. The summed E-state index contributed by atoms with van der Waals surface area (Å²) in [5, 5.41) is 0. The second-order valence-electron chi connectivity index (χ2n) is 6.95. The number of fused-ring (bicyclic) bond motifs is 1. The van der Waals surface area contributed by atoms with Crippen molar-refractivity contribution < 1.29 is 4.74 Å². The van der Waals surface area contributed by atoms with E-state index >= 15 is 0 Å². The molecule has 2 heterocycles. The Morgan fingerprint density at radius 2 is 1.85 bits per heavy atom. The number of hydrogen-bond acceptors (Lipinski definition) is 6. The normalized spacial score (nSPS) is 15.5. The highest BCUT2D eigenvalue weighted by molar-refractivity contribution is 5.84. The van der Waals surface area contributed by atoms with E-state index in [1.165, 1.54) is 5.69 Å². The fourth-order valence-electron chi connectivity index (χ4n) is 3.50. The first-order valence-electron chi connectivity index (χ1n) is 9.25. The zero-order valence-corrected chi connectivity index (χ0v) is 15.6. The highest BCUT2D eigenvalue weighted by Gasteiger charge is 2.17. The van der Waals surface area contributed by atoms with Crippen LogP contribution in [0, 0.1) is 0 Å². The molecule has 142 valence electrons. The van der Waals surface area contributed by atoms with E-state index in [2.05, 4.69) is 33.0 Å². The largest absolute Gasteiger partial charge is 0.397 e. The summed E-state index contributed by atoms with van der Waals surface area (Å²) in [6, 6.07) is 12.0. The lowest BCUT2D eigenvalue weighted by molar-refractivity contribution is 0.144. The number of imidazole rings is 1. The van der Waals surface area contributed by atoms with Crippen LogP contribution >= 0.6 is 0 Å². The highest BCUT2D eigenvalue weighted by atomic mass is 16.5. The lowest BCUT2D eigenvalue weighted by atomic mass is 10.1. The number of anilines is 3. The Morgan fingerprint density at radius 3 is 2.59 bits per heavy atom. The molecule has 1 saturated heterocycles. The zero-order valence-electron chi connectivity index (χ0n) is 15.6. The van der Waals surface area contributed by atoms with Crippen LogP contribution in [0.4, 0.5) is 17.1 Å². The first kappa shape index (κ1) is 17.6. The molecule has 0 unspecified atom stereocenters. The lowest BCUT2D eigenvalue weighted by Crippen LogP contribution is -2.47. The minimum atomic E-state index is 0.569. The number of nitrogen functional groups attached to an aromatic ring is 2. The highest BCUT2D eigenvalue weighted by Crippen LogP contribution is 2.27. The molecule has 0 atom stereocenters. The van der Waals surface area contributed by atoms with E-state index in [4.69, 9.17) is 21.2 Å². The molecule has 0 radical (unpaired) electrons. The molecule has 4 rings (SSSR count). The molecule has 0 spiro atoms. The molecule has 0 bridgehead atoms. The Bertz CT molecular complexity index is 929. The second-order valence-corrected chi connectivity index (χ2v) is 6.95. The van der Waals surface area contributed by atoms with Crippen molar-refractivity contribution in [1.29, 1.82) is 0 Å². The average Bonchev–Trinajstić information content (AvgIpc) is 3.12. The third-order valence-electron chi connectivity index (χ3n) is 5.17. The molecule has 3 aromatic rings. The third-order valence-corrected chi connectivity index (χ3v) is 5.17. The van der Waals surface area contributed by atoms with Gasteiger partial charge in [-0.2, -0.15) is 0 Å². The van der Waals surface area contributed by atoms with E-state index in [-0.39, 0.29) is 0 Å². The summed E-state index contributed by atoms with van der Waals surface area (Å²) in [5.41, 5.74) is 17.0. The molecular weight excluding hydrogens is 340 g/mol. The number of ether oxygens (including phenoxy) is 1. The number of nitrogens with one attached hydrogen (secondary N) is 1. The Labute approximate surface area is 158 Å². The van der Waals surface area contributed by atoms with Gasteiger partial charge in [0.2, 0.25) is 0 Å². The number of rotatable bonds is 5. The zero-order chi connectivity index (χ0) is 18.8. The topological polar surface area (TPSA) is 96.4 Å².